The number of nitrogens with two attached hydrogens (primary N) is 1. The highest BCUT2D eigenvalue weighted by atomic mass is 79.9. The zero-order valence-electron chi connectivity index (χ0n) is 8.99. The molecule has 1 aromatic heterocycles. The Morgan fingerprint density at radius 3 is 2.82 bits per heavy atom. The molecule has 5 heteroatoms. The van der Waals surface area contributed by atoms with Gasteiger partial charge in [-0.3, -0.25) is 5.84 Å². The van der Waals surface area contributed by atoms with Crippen LogP contribution >= 0.6 is 15.9 Å². The van der Waals surface area contributed by atoms with Gasteiger partial charge in [0.15, 0.2) is 0 Å². The van der Waals surface area contributed by atoms with Gasteiger partial charge in [0.2, 0.25) is 0 Å². The maximum Gasteiger partial charge on any atom is 0.136 e. The van der Waals surface area contributed by atoms with Gasteiger partial charge in [-0.25, -0.2) is 9.82 Å². The molecule has 0 saturated heterocycles. The summed E-state index contributed by atoms with van der Waals surface area (Å²) in [5.74, 6) is 5.95. The Bertz CT molecular complexity index is 501. The number of hydrogen-bond donors (Lipinski definition) is 2. The molecule has 0 bridgehead atoms. The van der Waals surface area contributed by atoms with E-state index in [2.05, 4.69) is 21.4 Å². The third-order valence-corrected chi connectivity index (χ3v) is 3.15. The Labute approximate surface area is 107 Å². The summed E-state index contributed by atoms with van der Waals surface area (Å²) in [6.07, 6.45) is 2.13. The van der Waals surface area contributed by atoms with E-state index in [9.17, 15) is 4.39 Å². The lowest BCUT2D eigenvalue weighted by Crippen LogP contribution is -2.29. The minimum atomic E-state index is -0.253. The van der Waals surface area contributed by atoms with Gasteiger partial charge in [0.25, 0.3) is 0 Å². The lowest BCUT2D eigenvalue weighted by atomic mass is 10.0. The first kappa shape index (κ1) is 12.3. The monoisotopic (exact) mass is 298 g/mol. The van der Waals surface area contributed by atoms with Gasteiger partial charge in [0.05, 0.1) is 16.8 Å². The van der Waals surface area contributed by atoms with Crippen molar-refractivity contribution in [2.24, 2.45) is 5.84 Å². The third-order valence-electron chi connectivity index (χ3n) is 2.49. The number of furan rings is 1. The lowest BCUT2D eigenvalue weighted by molar-refractivity contribution is 0.413. The third kappa shape index (κ3) is 2.94. The van der Waals surface area contributed by atoms with Gasteiger partial charge in [0, 0.05) is 0 Å². The van der Waals surface area contributed by atoms with E-state index in [1.165, 1.54) is 12.1 Å². The second-order valence-corrected chi connectivity index (χ2v) is 4.54. The summed E-state index contributed by atoms with van der Waals surface area (Å²) in [5, 5.41) is 0. The zero-order valence-corrected chi connectivity index (χ0v) is 10.6. The number of rotatable bonds is 4. The van der Waals surface area contributed by atoms with E-state index in [0.717, 1.165) is 10.0 Å². The number of hydrazine groups is 1. The molecule has 0 aliphatic heterocycles. The van der Waals surface area contributed by atoms with Crippen LogP contribution in [0, 0.1) is 5.82 Å². The predicted octanol–water partition coefficient (Wildman–Crippen LogP) is 2.93. The van der Waals surface area contributed by atoms with Crippen molar-refractivity contribution in [3.05, 3.63) is 58.2 Å². The molecule has 90 valence electrons. The van der Waals surface area contributed by atoms with Crippen LogP contribution in [0.4, 0.5) is 4.39 Å². The molecule has 0 aliphatic rings. The molecule has 0 amide bonds. The normalized spacial score (nSPS) is 12.6. The van der Waals surface area contributed by atoms with Crippen molar-refractivity contribution in [3.8, 4) is 0 Å². The molecule has 2 aromatic rings. The fourth-order valence-electron chi connectivity index (χ4n) is 1.68. The van der Waals surface area contributed by atoms with E-state index in [0.29, 0.717) is 12.2 Å². The van der Waals surface area contributed by atoms with Crippen LogP contribution in [0.3, 0.4) is 0 Å². The Morgan fingerprint density at radius 1 is 1.41 bits per heavy atom. The van der Waals surface area contributed by atoms with Crippen molar-refractivity contribution in [2.45, 2.75) is 12.5 Å². The Balaban J connectivity index is 2.19. The molecule has 0 fully saturated rings. The molecule has 1 aromatic carbocycles. The molecule has 0 saturated carbocycles. The predicted molar refractivity (Wildman–Crippen MR) is 66.6 cm³/mol. The van der Waals surface area contributed by atoms with Crippen molar-refractivity contribution in [2.75, 3.05) is 0 Å². The molecule has 0 aliphatic carbocycles. The van der Waals surface area contributed by atoms with Gasteiger partial charge in [0.1, 0.15) is 11.6 Å². The van der Waals surface area contributed by atoms with Crippen LogP contribution < -0.4 is 11.3 Å². The molecule has 1 unspecified atom stereocenters. The molecule has 17 heavy (non-hydrogen) atoms. The molecule has 0 spiro atoms. The van der Waals surface area contributed by atoms with Crippen molar-refractivity contribution in [1.29, 1.82) is 0 Å². The highest BCUT2D eigenvalue weighted by Gasteiger charge is 2.17. The van der Waals surface area contributed by atoms with E-state index < -0.39 is 0 Å². The largest absolute Gasteiger partial charge is 0.466 e. The summed E-state index contributed by atoms with van der Waals surface area (Å²) in [6.45, 7) is 0. The Kier molecular flexibility index (Phi) is 3.93. The first-order valence-electron chi connectivity index (χ1n) is 5.14. The van der Waals surface area contributed by atoms with Gasteiger partial charge in [-0.15, -0.1) is 0 Å². The topological polar surface area (TPSA) is 51.2 Å². The SMILES string of the molecule is NNC(Cc1cccc(F)c1)c1occc1Br. The molecular weight excluding hydrogens is 287 g/mol. The fraction of sp³-hybridized carbons (Fsp3) is 0.167. The van der Waals surface area contributed by atoms with Crippen LogP contribution in [0.25, 0.3) is 0 Å². The average molecular weight is 299 g/mol. The number of hydrogen-bond acceptors (Lipinski definition) is 3. The van der Waals surface area contributed by atoms with Crippen LogP contribution in [-0.4, -0.2) is 0 Å². The molecule has 3 N–H and O–H groups in total. The quantitative estimate of drug-likeness (QED) is 0.674. The van der Waals surface area contributed by atoms with Gasteiger partial charge in [-0.05, 0) is 46.1 Å². The highest BCUT2D eigenvalue weighted by molar-refractivity contribution is 9.10. The fourth-order valence-corrected chi connectivity index (χ4v) is 2.16. The van der Waals surface area contributed by atoms with E-state index in [1.807, 2.05) is 6.07 Å². The summed E-state index contributed by atoms with van der Waals surface area (Å²) in [6, 6.07) is 8.03. The second kappa shape index (κ2) is 5.44. The molecule has 0 radical (unpaired) electrons. The summed E-state index contributed by atoms with van der Waals surface area (Å²) < 4.78 is 19.2. The molecule has 2 rings (SSSR count). The van der Waals surface area contributed by atoms with Crippen molar-refractivity contribution in [3.63, 3.8) is 0 Å². The first-order chi connectivity index (χ1) is 8.20. The van der Waals surface area contributed by atoms with E-state index >= 15 is 0 Å². The molecule has 1 atom stereocenters. The Morgan fingerprint density at radius 2 is 2.24 bits per heavy atom. The maximum atomic E-state index is 13.1. The Hall–Kier alpha value is -1.17. The number of benzene rings is 1. The van der Waals surface area contributed by atoms with Crippen LogP contribution in [0.15, 0.2) is 45.5 Å². The molecule has 3 nitrogen and oxygen atoms in total. The van der Waals surface area contributed by atoms with Crippen LogP contribution in [0.1, 0.15) is 17.4 Å². The maximum absolute atomic E-state index is 13.1. The standard InChI is InChI=1S/C12H12BrFN2O/c13-10-4-5-17-12(10)11(16-15)7-8-2-1-3-9(14)6-8/h1-6,11,16H,7,15H2. The van der Waals surface area contributed by atoms with Gasteiger partial charge in [-0.2, -0.15) is 0 Å². The van der Waals surface area contributed by atoms with Gasteiger partial charge < -0.3 is 4.42 Å². The minimum absolute atomic E-state index is 0.193. The van der Waals surface area contributed by atoms with Crippen molar-refractivity contribution in [1.82, 2.24) is 5.43 Å². The summed E-state index contributed by atoms with van der Waals surface area (Å²) in [4.78, 5) is 0. The van der Waals surface area contributed by atoms with Crippen LogP contribution in [0.2, 0.25) is 0 Å². The van der Waals surface area contributed by atoms with E-state index in [-0.39, 0.29) is 11.9 Å². The van der Waals surface area contributed by atoms with Crippen molar-refractivity contribution < 1.29 is 8.81 Å². The van der Waals surface area contributed by atoms with Crippen LogP contribution in [-0.2, 0) is 6.42 Å². The summed E-state index contributed by atoms with van der Waals surface area (Å²) in [5.41, 5.74) is 3.52. The van der Waals surface area contributed by atoms with E-state index in [4.69, 9.17) is 10.3 Å². The minimum Gasteiger partial charge on any atom is -0.466 e. The lowest BCUT2D eigenvalue weighted by Gasteiger charge is -2.14. The number of halogens is 2. The molecule has 1 heterocycles. The summed E-state index contributed by atoms with van der Waals surface area (Å²) >= 11 is 3.37. The second-order valence-electron chi connectivity index (χ2n) is 3.69. The van der Waals surface area contributed by atoms with E-state index in [1.54, 1.807) is 18.4 Å². The van der Waals surface area contributed by atoms with Crippen LogP contribution in [0.5, 0.6) is 0 Å². The average Bonchev–Trinajstić information content (AvgIpc) is 2.72. The molecular formula is C12H12BrFN2O. The van der Waals surface area contributed by atoms with Gasteiger partial charge >= 0.3 is 0 Å². The summed E-state index contributed by atoms with van der Waals surface area (Å²) in [7, 11) is 0. The first-order valence-corrected chi connectivity index (χ1v) is 5.93. The highest BCUT2D eigenvalue weighted by Crippen LogP contribution is 2.26. The smallest absolute Gasteiger partial charge is 0.136 e. The zero-order chi connectivity index (χ0) is 12.3. The van der Waals surface area contributed by atoms with Crippen molar-refractivity contribution >= 4 is 15.9 Å². The number of nitrogens with one attached hydrogen (secondary N) is 1. The van der Waals surface area contributed by atoms with Gasteiger partial charge in [-0.1, -0.05) is 12.1 Å².